The summed E-state index contributed by atoms with van der Waals surface area (Å²) in [4.78, 5) is 11.6. The number of carbonyl (C=O) groups is 1. The summed E-state index contributed by atoms with van der Waals surface area (Å²) in [6, 6.07) is 4.39. The van der Waals surface area contributed by atoms with Gasteiger partial charge in [0, 0.05) is 12.8 Å². The van der Waals surface area contributed by atoms with Crippen LogP contribution in [0.15, 0.2) is 28.2 Å². The number of ether oxygens (including phenoxy) is 1. The molecule has 0 amide bonds. The summed E-state index contributed by atoms with van der Waals surface area (Å²) in [5.41, 5.74) is 1.33. The summed E-state index contributed by atoms with van der Waals surface area (Å²) >= 11 is 0. The third kappa shape index (κ3) is 4.02. The van der Waals surface area contributed by atoms with Crippen LogP contribution in [0.3, 0.4) is 0 Å². The molecule has 0 bridgehead atoms. The average molecular weight is 313 g/mol. The molecule has 116 valence electrons. The largest absolute Gasteiger partial charge is 0.465 e. The summed E-state index contributed by atoms with van der Waals surface area (Å²) in [5, 5.41) is 5.74. The standard InChI is InChI=1S/C13H19N3O4S/c1-9(2)15-16(4)10-6-7-11(13(17)20-5)12(8-10)21(18,19)14-3/h6-8,14H,1-5H3. The Morgan fingerprint density at radius 3 is 2.43 bits per heavy atom. The summed E-state index contributed by atoms with van der Waals surface area (Å²) in [6.45, 7) is 3.65. The zero-order chi connectivity index (χ0) is 16.2. The second-order valence-corrected chi connectivity index (χ2v) is 6.31. The Kier molecular flexibility index (Phi) is 5.45. The number of hydrogen-bond acceptors (Lipinski definition) is 6. The molecule has 1 rings (SSSR count). The van der Waals surface area contributed by atoms with Gasteiger partial charge in [-0.1, -0.05) is 0 Å². The monoisotopic (exact) mass is 313 g/mol. The minimum Gasteiger partial charge on any atom is -0.465 e. The fourth-order valence-corrected chi connectivity index (χ4v) is 2.62. The Balaban J connectivity index is 3.48. The maximum Gasteiger partial charge on any atom is 0.339 e. The van der Waals surface area contributed by atoms with E-state index in [4.69, 9.17) is 0 Å². The Morgan fingerprint density at radius 2 is 1.95 bits per heavy atom. The van der Waals surface area contributed by atoms with E-state index >= 15 is 0 Å². The van der Waals surface area contributed by atoms with Crippen LogP contribution >= 0.6 is 0 Å². The lowest BCUT2D eigenvalue weighted by Crippen LogP contribution is -2.22. The molecule has 21 heavy (non-hydrogen) atoms. The zero-order valence-corrected chi connectivity index (χ0v) is 13.5. The maximum absolute atomic E-state index is 12.1. The van der Waals surface area contributed by atoms with Gasteiger partial charge in [-0.05, 0) is 39.1 Å². The van der Waals surface area contributed by atoms with Crippen LogP contribution in [-0.4, -0.2) is 41.3 Å². The number of sulfonamides is 1. The molecule has 1 aromatic rings. The third-order valence-corrected chi connectivity index (χ3v) is 4.11. The van der Waals surface area contributed by atoms with Crippen LogP contribution in [0.1, 0.15) is 24.2 Å². The third-order valence-electron chi connectivity index (χ3n) is 2.65. The molecule has 1 aromatic carbocycles. The highest BCUT2D eigenvalue weighted by Gasteiger charge is 2.23. The quantitative estimate of drug-likeness (QED) is 0.501. The topological polar surface area (TPSA) is 88.1 Å². The van der Waals surface area contributed by atoms with E-state index in [1.807, 2.05) is 13.8 Å². The van der Waals surface area contributed by atoms with Gasteiger partial charge in [-0.25, -0.2) is 17.9 Å². The van der Waals surface area contributed by atoms with Crippen LogP contribution in [-0.2, 0) is 14.8 Å². The molecule has 7 nitrogen and oxygen atoms in total. The lowest BCUT2D eigenvalue weighted by molar-refractivity contribution is 0.0596. The molecule has 8 heteroatoms. The SMILES string of the molecule is CNS(=O)(=O)c1cc(N(C)N=C(C)C)ccc1C(=O)OC. The first-order valence-electron chi connectivity index (χ1n) is 6.14. The van der Waals surface area contributed by atoms with Crippen molar-refractivity contribution in [3.05, 3.63) is 23.8 Å². The molecule has 0 aliphatic carbocycles. The summed E-state index contributed by atoms with van der Waals surface area (Å²) in [5.74, 6) is -0.715. The van der Waals surface area contributed by atoms with Gasteiger partial charge in [0.05, 0.1) is 23.3 Å². The van der Waals surface area contributed by atoms with Gasteiger partial charge in [-0.15, -0.1) is 0 Å². The van der Waals surface area contributed by atoms with E-state index in [2.05, 4.69) is 14.6 Å². The number of carbonyl (C=O) groups excluding carboxylic acids is 1. The second-order valence-electron chi connectivity index (χ2n) is 4.45. The van der Waals surface area contributed by atoms with E-state index in [0.29, 0.717) is 5.69 Å². The van der Waals surface area contributed by atoms with Gasteiger partial charge >= 0.3 is 5.97 Å². The van der Waals surface area contributed by atoms with E-state index in [1.54, 1.807) is 13.1 Å². The van der Waals surface area contributed by atoms with Crippen molar-refractivity contribution in [3.8, 4) is 0 Å². The predicted octanol–water partition coefficient (Wildman–Crippen LogP) is 1.21. The van der Waals surface area contributed by atoms with Crippen molar-refractivity contribution in [2.45, 2.75) is 18.7 Å². The summed E-state index contributed by atoms with van der Waals surface area (Å²) in [7, 11) is 0.372. The van der Waals surface area contributed by atoms with Crippen molar-refractivity contribution in [3.63, 3.8) is 0 Å². The number of benzene rings is 1. The van der Waals surface area contributed by atoms with Gasteiger partial charge in [0.25, 0.3) is 0 Å². The lowest BCUT2D eigenvalue weighted by Gasteiger charge is -2.16. The fraction of sp³-hybridized carbons (Fsp3) is 0.385. The summed E-state index contributed by atoms with van der Waals surface area (Å²) in [6.07, 6.45) is 0. The second kappa shape index (κ2) is 6.68. The van der Waals surface area contributed by atoms with Crippen molar-refractivity contribution in [2.24, 2.45) is 5.10 Å². The van der Waals surface area contributed by atoms with E-state index in [9.17, 15) is 13.2 Å². The van der Waals surface area contributed by atoms with Gasteiger partial charge < -0.3 is 4.74 Å². The normalized spacial score (nSPS) is 10.9. The minimum absolute atomic E-state index is 0.0267. The van der Waals surface area contributed by atoms with Crippen molar-refractivity contribution in [2.75, 3.05) is 26.2 Å². The Bertz CT molecular complexity index is 664. The van der Waals surface area contributed by atoms with Gasteiger partial charge in [-0.3, -0.25) is 5.01 Å². The molecule has 0 saturated heterocycles. The van der Waals surface area contributed by atoms with E-state index in [-0.39, 0.29) is 10.5 Å². The highest BCUT2D eigenvalue weighted by Crippen LogP contribution is 2.23. The molecular weight excluding hydrogens is 294 g/mol. The van der Waals surface area contributed by atoms with Crippen LogP contribution in [0.5, 0.6) is 0 Å². The van der Waals surface area contributed by atoms with Crippen molar-refractivity contribution >= 4 is 27.4 Å². The molecule has 1 N–H and O–H groups in total. The first-order valence-corrected chi connectivity index (χ1v) is 7.62. The first-order chi connectivity index (χ1) is 9.72. The van der Waals surface area contributed by atoms with Crippen molar-refractivity contribution in [1.82, 2.24) is 4.72 Å². The molecular formula is C13H19N3O4S. The van der Waals surface area contributed by atoms with Gasteiger partial charge in [0.15, 0.2) is 0 Å². The Hall–Kier alpha value is -1.93. The van der Waals surface area contributed by atoms with E-state index < -0.39 is 16.0 Å². The highest BCUT2D eigenvalue weighted by molar-refractivity contribution is 7.89. The molecule has 0 spiro atoms. The number of rotatable bonds is 5. The molecule has 0 aromatic heterocycles. The predicted molar refractivity (Wildman–Crippen MR) is 81.2 cm³/mol. The number of methoxy groups -OCH3 is 1. The van der Waals surface area contributed by atoms with Crippen LogP contribution < -0.4 is 9.73 Å². The Morgan fingerprint density at radius 1 is 1.33 bits per heavy atom. The number of nitrogens with one attached hydrogen (secondary N) is 1. The van der Waals surface area contributed by atoms with Crippen molar-refractivity contribution < 1.29 is 17.9 Å². The lowest BCUT2D eigenvalue weighted by atomic mass is 10.2. The Labute approximate surface area is 124 Å². The molecule has 0 fully saturated rings. The highest BCUT2D eigenvalue weighted by atomic mass is 32.2. The van der Waals surface area contributed by atoms with Crippen LogP contribution in [0, 0.1) is 0 Å². The molecule has 0 aliphatic rings. The number of hydrazone groups is 1. The number of nitrogens with zero attached hydrogens (tertiary/aromatic N) is 2. The number of hydrogen-bond donors (Lipinski definition) is 1. The first kappa shape index (κ1) is 17.1. The molecule has 0 radical (unpaired) electrons. The van der Waals surface area contributed by atoms with Crippen LogP contribution in [0.2, 0.25) is 0 Å². The van der Waals surface area contributed by atoms with E-state index in [0.717, 1.165) is 5.71 Å². The maximum atomic E-state index is 12.1. The average Bonchev–Trinajstić information content (AvgIpc) is 2.45. The van der Waals surface area contributed by atoms with Crippen LogP contribution in [0.4, 0.5) is 5.69 Å². The molecule has 0 atom stereocenters. The molecule has 0 heterocycles. The van der Waals surface area contributed by atoms with Gasteiger partial charge in [0.1, 0.15) is 0 Å². The minimum atomic E-state index is -3.79. The smallest absolute Gasteiger partial charge is 0.339 e. The number of anilines is 1. The molecule has 0 aliphatic heterocycles. The molecule has 0 unspecified atom stereocenters. The van der Waals surface area contributed by atoms with Crippen molar-refractivity contribution in [1.29, 1.82) is 0 Å². The fourth-order valence-electron chi connectivity index (χ4n) is 1.68. The summed E-state index contributed by atoms with van der Waals surface area (Å²) < 4.78 is 30.9. The van der Waals surface area contributed by atoms with Gasteiger partial charge in [0.2, 0.25) is 10.0 Å². The van der Waals surface area contributed by atoms with E-state index in [1.165, 1.54) is 31.3 Å². The zero-order valence-electron chi connectivity index (χ0n) is 12.7. The molecule has 0 saturated carbocycles. The number of esters is 1. The van der Waals surface area contributed by atoms with Crippen LogP contribution in [0.25, 0.3) is 0 Å². The van der Waals surface area contributed by atoms with Gasteiger partial charge in [-0.2, -0.15) is 5.10 Å².